The summed E-state index contributed by atoms with van der Waals surface area (Å²) in [7, 11) is 0. The van der Waals surface area contributed by atoms with Gasteiger partial charge in [-0.2, -0.15) is 13.2 Å². The van der Waals surface area contributed by atoms with Gasteiger partial charge in [0.2, 0.25) is 0 Å². The number of carboxylic acid groups (broad SMARTS) is 1. The topological polar surface area (TPSA) is 88.5 Å². The number of ether oxygens (including phenoxy) is 1. The molecule has 9 heteroatoms. The van der Waals surface area contributed by atoms with Crippen molar-refractivity contribution < 1.29 is 32.6 Å². The average molecular weight is 474 g/mol. The van der Waals surface area contributed by atoms with Crippen molar-refractivity contribution >= 4 is 22.8 Å². The number of nitrogens with zero attached hydrogens (tertiary/aromatic N) is 1. The fourth-order valence-corrected chi connectivity index (χ4v) is 3.41. The Bertz CT molecular complexity index is 1220. The van der Waals surface area contributed by atoms with Gasteiger partial charge in [0, 0.05) is 11.6 Å². The van der Waals surface area contributed by atoms with Crippen molar-refractivity contribution in [3.8, 4) is 5.75 Å². The molecule has 3 rings (SSSR count). The van der Waals surface area contributed by atoms with Gasteiger partial charge in [0.25, 0.3) is 5.91 Å². The zero-order valence-corrected chi connectivity index (χ0v) is 19.2. The van der Waals surface area contributed by atoms with E-state index in [-0.39, 0.29) is 17.9 Å². The van der Waals surface area contributed by atoms with Crippen LogP contribution >= 0.6 is 0 Å². The molecule has 6 nitrogen and oxygen atoms in total. The number of halogens is 3. The lowest BCUT2D eigenvalue weighted by Gasteiger charge is -2.28. The van der Waals surface area contributed by atoms with Gasteiger partial charge in [-0.15, -0.1) is 0 Å². The zero-order valence-electron chi connectivity index (χ0n) is 19.2. The van der Waals surface area contributed by atoms with Crippen molar-refractivity contribution in [2.24, 2.45) is 5.41 Å². The summed E-state index contributed by atoms with van der Waals surface area (Å²) in [6.45, 7) is 6.80. The highest BCUT2D eigenvalue weighted by Crippen LogP contribution is 2.32. The predicted octanol–water partition coefficient (Wildman–Crippen LogP) is 5.37. The molecule has 34 heavy (non-hydrogen) atoms. The number of nitrogens with one attached hydrogen (secondary N) is 1. The van der Waals surface area contributed by atoms with E-state index in [0.29, 0.717) is 16.5 Å². The highest BCUT2D eigenvalue weighted by Gasteiger charge is 2.34. The number of carboxylic acids is 1. The first kappa shape index (κ1) is 25.0. The Hall–Kier alpha value is -3.62. The number of rotatable bonds is 6. The smallest absolute Gasteiger partial charge is 0.416 e. The summed E-state index contributed by atoms with van der Waals surface area (Å²) in [6.07, 6.45) is -2.79. The number of carbonyl (C=O) groups excluding carboxylic acids is 1. The normalized spacial score (nSPS) is 12.9. The fourth-order valence-electron chi connectivity index (χ4n) is 3.41. The molecule has 0 aliphatic heterocycles. The lowest BCUT2D eigenvalue weighted by atomic mass is 9.86. The Morgan fingerprint density at radius 2 is 1.74 bits per heavy atom. The van der Waals surface area contributed by atoms with Crippen molar-refractivity contribution in [2.75, 3.05) is 0 Å². The zero-order chi connectivity index (χ0) is 25.3. The van der Waals surface area contributed by atoms with Gasteiger partial charge in [0.05, 0.1) is 16.6 Å². The predicted molar refractivity (Wildman–Crippen MR) is 121 cm³/mol. The summed E-state index contributed by atoms with van der Waals surface area (Å²) in [5, 5.41) is 12.7. The monoisotopic (exact) mass is 474 g/mol. The largest absolute Gasteiger partial charge is 0.487 e. The third kappa shape index (κ3) is 5.65. The van der Waals surface area contributed by atoms with Gasteiger partial charge in [-0.1, -0.05) is 32.9 Å². The number of aromatic nitrogens is 1. The number of hydrogen-bond donors (Lipinski definition) is 2. The maximum Gasteiger partial charge on any atom is 0.416 e. The first-order valence-corrected chi connectivity index (χ1v) is 10.5. The molecule has 180 valence electrons. The highest BCUT2D eigenvalue weighted by atomic mass is 19.4. The summed E-state index contributed by atoms with van der Waals surface area (Å²) < 4.78 is 44.5. The maximum atomic E-state index is 13.1. The van der Waals surface area contributed by atoms with E-state index in [1.165, 1.54) is 18.2 Å². The minimum absolute atomic E-state index is 0.0994. The molecule has 1 amide bonds. The number of carbonyl (C=O) groups is 2. The second-order valence-corrected chi connectivity index (χ2v) is 9.12. The number of hydrogen-bond acceptors (Lipinski definition) is 4. The molecule has 0 aliphatic rings. The lowest BCUT2D eigenvalue weighted by Crippen LogP contribution is -2.49. The van der Waals surface area contributed by atoms with E-state index in [0.717, 1.165) is 17.7 Å². The summed E-state index contributed by atoms with van der Waals surface area (Å²) in [4.78, 5) is 29.2. The Balaban J connectivity index is 1.98. The molecular formula is C25H25F3N2O4. The molecule has 0 fully saturated rings. The van der Waals surface area contributed by atoms with E-state index in [2.05, 4.69) is 10.3 Å². The van der Waals surface area contributed by atoms with Gasteiger partial charge in [-0.25, -0.2) is 4.79 Å². The summed E-state index contributed by atoms with van der Waals surface area (Å²) in [5.74, 6) is -1.65. The quantitative estimate of drug-likeness (QED) is 0.502. The van der Waals surface area contributed by atoms with Crippen molar-refractivity contribution in [3.63, 3.8) is 0 Å². The van der Waals surface area contributed by atoms with Gasteiger partial charge < -0.3 is 15.2 Å². The third-order valence-corrected chi connectivity index (χ3v) is 5.25. The molecule has 0 bridgehead atoms. The molecule has 0 aliphatic carbocycles. The van der Waals surface area contributed by atoms with Crippen LogP contribution in [-0.4, -0.2) is 28.0 Å². The summed E-state index contributed by atoms with van der Waals surface area (Å²) in [6, 6.07) is 8.26. The fraction of sp³-hybridized carbons (Fsp3) is 0.320. The van der Waals surface area contributed by atoms with E-state index in [4.69, 9.17) is 4.74 Å². The van der Waals surface area contributed by atoms with E-state index in [1.54, 1.807) is 39.1 Å². The van der Waals surface area contributed by atoms with Crippen LogP contribution in [0.1, 0.15) is 47.8 Å². The Morgan fingerprint density at radius 3 is 2.29 bits per heavy atom. The number of aryl methyl sites for hydroxylation is 1. The van der Waals surface area contributed by atoms with E-state index >= 15 is 0 Å². The second-order valence-electron chi connectivity index (χ2n) is 9.12. The number of fused-ring (bicyclic) bond motifs is 1. The first-order valence-electron chi connectivity index (χ1n) is 10.5. The summed E-state index contributed by atoms with van der Waals surface area (Å²) in [5.41, 5.74) is 0.399. The van der Waals surface area contributed by atoms with Crippen LogP contribution in [0, 0.1) is 12.3 Å². The average Bonchev–Trinajstić information content (AvgIpc) is 2.74. The van der Waals surface area contributed by atoms with Crippen LogP contribution in [0.3, 0.4) is 0 Å². The number of alkyl halides is 3. The van der Waals surface area contributed by atoms with Gasteiger partial charge in [-0.3, -0.25) is 9.78 Å². The Kier molecular flexibility index (Phi) is 6.86. The molecule has 0 saturated carbocycles. The van der Waals surface area contributed by atoms with Crippen LogP contribution in [0.4, 0.5) is 13.2 Å². The second kappa shape index (κ2) is 9.32. The van der Waals surface area contributed by atoms with Crippen LogP contribution < -0.4 is 10.1 Å². The molecule has 1 heterocycles. The van der Waals surface area contributed by atoms with Gasteiger partial charge in [0.15, 0.2) is 0 Å². The van der Waals surface area contributed by atoms with Crippen LogP contribution in [0.5, 0.6) is 5.75 Å². The standard InChI is InChI=1S/C25H25F3N2O4/c1-14-11-18-19(29-12-14)10-9-17(22(31)30-21(23(32)33)24(2,3)4)20(18)34-13-15-5-7-16(8-6-15)25(26,27)28/h5-12,21H,13H2,1-4H3,(H,30,31)(H,32,33)/t21-/m1/s1. The van der Waals surface area contributed by atoms with Gasteiger partial charge in [-0.05, 0) is 53.8 Å². The van der Waals surface area contributed by atoms with E-state index < -0.39 is 35.1 Å². The van der Waals surface area contributed by atoms with E-state index in [9.17, 15) is 27.9 Å². The molecular weight excluding hydrogens is 449 g/mol. The number of amides is 1. The maximum absolute atomic E-state index is 13.1. The van der Waals surface area contributed by atoms with Crippen molar-refractivity contribution in [3.05, 3.63) is 70.9 Å². The van der Waals surface area contributed by atoms with Crippen LogP contribution in [0.15, 0.2) is 48.7 Å². The van der Waals surface area contributed by atoms with Crippen LogP contribution in [0.25, 0.3) is 10.9 Å². The van der Waals surface area contributed by atoms with Crippen molar-refractivity contribution in [1.82, 2.24) is 10.3 Å². The molecule has 1 aromatic heterocycles. The number of benzene rings is 2. The van der Waals surface area contributed by atoms with E-state index in [1.807, 2.05) is 6.92 Å². The molecule has 2 N–H and O–H groups in total. The Morgan fingerprint density at radius 1 is 1.09 bits per heavy atom. The molecule has 2 aromatic carbocycles. The van der Waals surface area contributed by atoms with Crippen molar-refractivity contribution in [1.29, 1.82) is 0 Å². The molecule has 0 saturated heterocycles. The minimum Gasteiger partial charge on any atom is -0.487 e. The molecule has 1 atom stereocenters. The molecule has 0 radical (unpaired) electrons. The Labute approximate surface area is 194 Å². The molecule has 0 unspecified atom stereocenters. The number of pyridine rings is 1. The third-order valence-electron chi connectivity index (χ3n) is 5.25. The van der Waals surface area contributed by atoms with Crippen LogP contribution in [0.2, 0.25) is 0 Å². The molecule has 0 spiro atoms. The van der Waals surface area contributed by atoms with Gasteiger partial charge in [0.1, 0.15) is 18.4 Å². The SMILES string of the molecule is Cc1cnc2ccc(C(=O)N[C@H](C(=O)O)C(C)(C)C)c(OCc3ccc(C(F)(F)F)cc3)c2c1. The van der Waals surface area contributed by atoms with Crippen molar-refractivity contribution in [2.45, 2.75) is 46.5 Å². The first-order chi connectivity index (χ1) is 15.8. The minimum atomic E-state index is -4.45. The van der Waals surface area contributed by atoms with Crippen LogP contribution in [-0.2, 0) is 17.6 Å². The highest BCUT2D eigenvalue weighted by molar-refractivity contribution is 6.04. The lowest BCUT2D eigenvalue weighted by molar-refractivity contribution is -0.142. The van der Waals surface area contributed by atoms with Gasteiger partial charge >= 0.3 is 12.1 Å². The summed E-state index contributed by atoms with van der Waals surface area (Å²) >= 11 is 0. The molecule has 3 aromatic rings. The number of aliphatic carboxylic acids is 1.